The van der Waals surface area contributed by atoms with Gasteiger partial charge in [0.1, 0.15) is 34.4 Å². The monoisotopic (exact) mass is 481 g/mol. The Kier molecular flexibility index (Phi) is 8.46. The van der Waals surface area contributed by atoms with Crippen LogP contribution in [0.1, 0.15) is 45.6 Å². The number of halogens is 1. The number of aliphatic hydroxyl groups is 2. The van der Waals surface area contributed by atoms with Crippen molar-refractivity contribution in [3.63, 3.8) is 0 Å². The molecule has 1 aliphatic carbocycles. The first-order valence-electron chi connectivity index (χ1n) is 11.9. The summed E-state index contributed by atoms with van der Waals surface area (Å²) in [4.78, 5) is 26.1. The molecule has 0 unspecified atom stereocenters. The molecule has 1 aliphatic rings. The first-order valence-corrected chi connectivity index (χ1v) is 11.9. The number of nitrogens with one attached hydrogen (secondary N) is 1. The Balaban J connectivity index is 1.58. The third kappa shape index (κ3) is 5.46. The van der Waals surface area contributed by atoms with E-state index in [2.05, 4.69) is 5.32 Å². The van der Waals surface area contributed by atoms with E-state index in [9.17, 15) is 24.2 Å². The molecular formula is C28H32FNO5. The molecule has 0 heterocycles. The standard InChI is InChI=1S/C28H32FNO5/c1-4-22-25(32)24(27(34)28(5-2,6-3)26(22)33)23(31)17-30-16-15-18-7-11-20(12-8-18)35-21-13-9-19(29)10-14-21/h7-14,30,32-33H,4-6,15-17H2,1-3H3. The average molecular weight is 482 g/mol. The van der Waals surface area contributed by atoms with Crippen molar-refractivity contribution in [2.45, 2.75) is 46.5 Å². The first kappa shape index (κ1) is 26.2. The van der Waals surface area contributed by atoms with E-state index in [1.54, 1.807) is 32.9 Å². The van der Waals surface area contributed by atoms with E-state index in [0.29, 0.717) is 43.7 Å². The van der Waals surface area contributed by atoms with Crippen LogP contribution >= 0.6 is 0 Å². The molecule has 186 valence electrons. The summed E-state index contributed by atoms with van der Waals surface area (Å²) in [6, 6.07) is 13.2. The van der Waals surface area contributed by atoms with Crippen molar-refractivity contribution in [2.75, 3.05) is 13.1 Å². The number of carbonyl (C=O) groups excluding carboxylic acids is 2. The molecule has 0 radical (unpaired) electrons. The summed E-state index contributed by atoms with van der Waals surface area (Å²) < 4.78 is 18.7. The quantitative estimate of drug-likeness (QED) is 0.280. The van der Waals surface area contributed by atoms with E-state index in [1.165, 1.54) is 12.1 Å². The normalized spacial score (nSPS) is 15.5. The molecule has 35 heavy (non-hydrogen) atoms. The van der Waals surface area contributed by atoms with Gasteiger partial charge in [0, 0.05) is 5.57 Å². The molecule has 6 nitrogen and oxygen atoms in total. The summed E-state index contributed by atoms with van der Waals surface area (Å²) in [5.74, 6) is -0.689. The van der Waals surface area contributed by atoms with Crippen molar-refractivity contribution >= 4 is 11.6 Å². The molecule has 0 fully saturated rings. The summed E-state index contributed by atoms with van der Waals surface area (Å²) in [6.07, 6.45) is 1.64. The number of aliphatic hydroxyl groups excluding tert-OH is 2. The summed E-state index contributed by atoms with van der Waals surface area (Å²) in [5, 5.41) is 24.3. The zero-order chi connectivity index (χ0) is 25.6. The summed E-state index contributed by atoms with van der Waals surface area (Å²) in [6.45, 7) is 5.75. The van der Waals surface area contributed by atoms with E-state index < -0.39 is 22.7 Å². The van der Waals surface area contributed by atoms with Crippen LogP contribution in [0.2, 0.25) is 0 Å². The lowest BCUT2D eigenvalue weighted by molar-refractivity contribution is -0.128. The number of allylic oxidation sites excluding steroid dienone is 2. The molecule has 0 amide bonds. The van der Waals surface area contributed by atoms with Gasteiger partial charge in [0.2, 0.25) is 0 Å². The van der Waals surface area contributed by atoms with Crippen molar-refractivity contribution in [3.8, 4) is 11.5 Å². The number of hydrogen-bond donors (Lipinski definition) is 3. The van der Waals surface area contributed by atoms with Gasteiger partial charge in [-0.3, -0.25) is 9.59 Å². The molecule has 2 aromatic rings. The number of benzene rings is 2. The van der Waals surface area contributed by atoms with Gasteiger partial charge in [-0.25, -0.2) is 4.39 Å². The predicted molar refractivity (Wildman–Crippen MR) is 132 cm³/mol. The van der Waals surface area contributed by atoms with Gasteiger partial charge < -0.3 is 20.3 Å². The van der Waals surface area contributed by atoms with Crippen LogP contribution in [0, 0.1) is 11.2 Å². The number of carbonyl (C=O) groups is 2. The fourth-order valence-electron chi connectivity index (χ4n) is 4.39. The van der Waals surface area contributed by atoms with Crippen molar-refractivity contribution in [1.29, 1.82) is 0 Å². The van der Waals surface area contributed by atoms with Crippen LogP contribution in [0.5, 0.6) is 11.5 Å². The predicted octanol–water partition coefficient (Wildman–Crippen LogP) is 5.74. The van der Waals surface area contributed by atoms with Gasteiger partial charge in [-0.05, 0) is 74.2 Å². The van der Waals surface area contributed by atoms with E-state index in [4.69, 9.17) is 4.74 Å². The third-order valence-corrected chi connectivity index (χ3v) is 6.61. The van der Waals surface area contributed by atoms with Crippen LogP contribution in [0.25, 0.3) is 0 Å². The van der Waals surface area contributed by atoms with Crippen molar-refractivity contribution in [1.82, 2.24) is 5.32 Å². The van der Waals surface area contributed by atoms with E-state index in [0.717, 1.165) is 5.56 Å². The summed E-state index contributed by atoms with van der Waals surface area (Å²) in [7, 11) is 0. The maximum absolute atomic E-state index is 13.2. The maximum atomic E-state index is 13.2. The Labute approximate surface area is 205 Å². The highest BCUT2D eigenvalue weighted by atomic mass is 19.1. The Morgan fingerprint density at radius 1 is 0.971 bits per heavy atom. The highest BCUT2D eigenvalue weighted by Crippen LogP contribution is 2.45. The minimum Gasteiger partial charge on any atom is -0.511 e. The number of ether oxygens (including phenoxy) is 1. The third-order valence-electron chi connectivity index (χ3n) is 6.61. The largest absolute Gasteiger partial charge is 0.511 e. The second kappa shape index (κ2) is 11.3. The van der Waals surface area contributed by atoms with Gasteiger partial charge in [0.05, 0.1) is 12.0 Å². The number of ketones is 2. The molecule has 0 saturated heterocycles. The molecule has 3 rings (SSSR count). The van der Waals surface area contributed by atoms with Crippen molar-refractivity contribution in [3.05, 3.63) is 82.6 Å². The van der Waals surface area contributed by atoms with Crippen LogP contribution in [0.3, 0.4) is 0 Å². The minimum absolute atomic E-state index is 0.0990. The van der Waals surface area contributed by atoms with E-state index in [1.807, 2.05) is 24.3 Å². The molecule has 0 atom stereocenters. The van der Waals surface area contributed by atoms with Crippen molar-refractivity contribution < 1.29 is 28.9 Å². The fourth-order valence-corrected chi connectivity index (χ4v) is 4.39. The van der Waals surface area contributed by atoms with Gasteiger partial charge in [-0.15, -0.1) is 0 Å². The lowest BCUT2D eigenvalue weighted by Crippen LogP contribution is -2.42. The highest BCUT2D eigenvalue weighted by Gasteiger charge is 2.48. The van der Waals surface area contributed by atoms with E-state index in [-0.39, 0.29) is 29.3 Å². The number of hydrogen-bond acceptors (Lipinski definition) is 6. The Hall–Kier alpha value is -3.45. The Morgan fingerprint density at radius 2 is 1.54 bits per heavy atom. The molecule has 0 bridgehead atoms. The Bertz CT molecular complexity index is 1130. The second-order valence-electron chi connectivity index (χ2n) is 8.57. The lowest BCUT2D eigenvalue weighted by Gasteiger charge is -2.35. The van der Waals surface area contributed by atoms with E-state index >= 15 is 0 Å². The van der Waals surface area contributed by atoms with Gasteiger partial charge in [-0.1, -0.05) is 32.9 Å². The first-order chi connectivity index (χ1) is 16.8. The number of Topliss-reactive ketones (excluding diaryl/α,β-unsaturated/α-hetero) is 2. The molecule has 0 spiro atoms. The van der Waals surface area contributed by atoms with Crippen LogP contribution in [0.15, 0.2) is 71.2 Å². The second-order valence-corrected chi connectivity index (χ2v) is 8.57. The van der Waals surface area contributed by atoms with Gasteiger partial charge in [0.15, 0.2) is 11.6 Å². The van der Waals surface area contributed by atoms with Crippen molar-refractivity contribution in [2.24, 2.45) is 5.41 Å². The zero-order valence-corrected chi connectivity index (χ0v) is 20.4. The van der Waals surface area contributed by atoms with Crippen LogP contribution in [-0.2, 0) is 16.0 Å². The maximum Gasteiger partial charge on any atom is 0.183 e. The summed E-state index contributed by atoms with van der Waals surface area (Å²) in [5.41, 5.74) is -0.109. The molecule has 0 aromatic heterocycles. The molecule has 7 heteroatoms. The van der Waals surface area contributed by atoms with Crippen LogP contribution in [-0.4, -0.2) is 34.9 Å². The molecule has 3 N–H and O–H groups in total. The topological polar surface area (TPSA) is 95.9 Å². The zero-order valence-electron chi connectivity index (χ0n) is 20.4. The van der Waals surface area contributed by atoms with Crippen LogP contribution in [0.4, 0.5) is 4.39 Å². The minimum atomic E-state index is -1.17. The average Bonchev–Trinajstić information content (AvgIpc) is 2.85. The summed E-state index contributed by atoms with van der Waals surface area (Å²) >= 11 is 0. The molecule has 2 aromatic carbocycles. The Morgan fingerprint density at radius 3 is 2.09 bits per heavy atom. The number of rotatable bonds is 11. The smallest absolute Gasteiger partial charge is 0.183 e. The highest BCUT2D eigenvalue weighted by molar-refractivity contribution is 6.24. The van der Waals surface area contributed by atoms with Gasteiger partial charge in [0.25, 0.3) is 0 Å². The van der Waals surface area contributed by atoms with Gasteiger partial charge >= 0.3 is 0 Å². The SMILES string of the molecule is CCC1=C(O)C(CC)(CC)C(=O)C(C(=O)CNCCc2ccc(Oc3ccc(F)cc3)cc2)=C1O. The van der Waals surface area contributed by atoms with Crippen LogP contribution < -0.4 is 10.1 Å². The molecule has 0 aliphatic heterocycles. The van der Waals surface area contributed by atoms with Gasteiger partial charge in [-0.2, -0.15) is 0 Å². The fraction of sp³-hybridized carbons (Fsp3) is 0.357. The molecular weight excluding hydrogens is 449 g/mol. The lowest BCUT2D eigenvalue weighted by atomic mass is 9.68. The molecule has 0 saturated carbocycles.